The van der Waals surface area contributed by atoms with Crippen LogP contribution in [0.15, 0.2) is 54.6 Å². The molecule has 0 unspecified atom stereocenters. The number of rotatable bonds is 3. The third-order valence-electron chi connectivity index (χ3n) is 3.18. The zero-order valence-electron chi connectivity index (χ0n) is 11.4. The van der Waals surface area contributed by atoms with E-state index in [-0.39, 0.29) is 0 Å². The molecule has 0 atom stereocenters. The lowest BCUT2D eigenvalue weighted by Gasteiger charge is -2.19. The molecule has 0 radical (unpaired) electrons. The van der Waals surface area contributed by atoms with Gasteiger partial charge in [-0.3, -0.25) is 5.01 Å². The zero-order chi connectivity index (χ0) is 13.9. The van der Waals surface area contributed by atoms with E-state index in [4.69, 9.17) is 0 Å². The van der Waals surface area contributed by atoms with Crippen LogP contribution in [-0.4, -0.2) is 27.4 Å². The van der Waals surface area contributed by atoms with Crippen LogP contribution in [-0.2, 0) is 0 Å². The minimum absolute atomic E-state index is 0.719. The van der Waals surface area contributed by atoms with E-state index < -0.39 is 0 Å². The predicted molar refractivity (Wildman–Crippen MR) is 78.2 cm³/mol. The van der Waals surface area contributed by atoms with Crippen LogP contribution in [0.4, 0.5) is 5.69 Å². The highest BCUT2D eigenvalue weighted by atomic mass is 15.7. The van der Waals surface area contributed by atoms with Gasteiger partial charge >= 0.3 is 0 Å². The molecule has 0 saturated heterocycles. The van der Waals surface area contributed by atoms with E-state index in [9.17, 15) is 0 Å². The fourth-order valence-corrected chi connectivity index (χ4v) is 2.01. The van der Waals surface area contributed by atoms with Crippen LogP contribution < -0.4 is 5.01 Å². The summed E-state index contributed by atoms with van der Waals surface area (Å²) in [4.78, 5) is 1.69. The van der Waals surface area contributed by atoms with Gasteiger partial charge in [-0.2, -0.15) is 0 Å². The molecule has 0 saturated carbocycles. The molecule has 0 fully saturated rings. The topological polar surface area (TPSA) is 46.8 Å². The summed E-state index contributed by atoms with van der Waals surface area (Å²) in [6, 6.07) is 18.1. The van der Waals surface area contributed by atoms with Crippen molar-refractivity contribution in [1.82, 2.24) is 20.3 Å². The van der Waals surface area contributed by atoms with Gasteiger partial charge in [0.1, 0.15) is 0 Å². The Kier molecular flexibility index (Phi) is 3.16. The van der Waals surface area contributed by atoms with E-state index in [1.807, 2.05) is 54.5 Å². The number of nitrogens with zero attached hydrogens (tertiary/aromatic N) is 5. The van der Waals surface area contributed by atoms with Gasteiger partial charge in [-0.15, -0.1) is 9.89 Å². The first-order chi connectivity index (χ1) is 9.75. The summed E-state index contributed by atoms with van der Waals surface area (Å²) >= 11 is 0. The summed E-state index contributed by atoms with van der Waals surface area (Å²) in [5.41, 5.74) is 3.22. The number of hydrogen-bond acceptors (Lipinski definition) is 4. The maximum Gasteiger partial charge on any atom is 0.205 e. The SMILES string of the molecule is Cc1ccc(-c2nnnn2N(C)c2ccccc2)cc1. The summed E-state index contributed by atoms with van der Waals surface area (Å²) in [6.45, 7) is 2.06. The maximum atomic E-state index is 4.12. The summed E-state index contributed by atoms with van der Waals surface area (Å²) in [5.74, 6) is 0.719. The van der Waals surface area contributed by atoms with E-state index in [0.29, 0.717) is 0 Å². The lowest BCUT2D eigenvalue weighted by molar-refractivity contribution is 0.641. The molecule has 0 spiro atoms. The van der Waals surface area contributed by atoms with E-state index in [0.717, 1.165) is 17.1 Å². The van der Waals surface area contributed by atoms with Crippen molar-refractivity contribution >= 4 is 5.69 Å². The van der Waals surface area contributed by atoms with Crippen LogP contribution in [0.3, 0.4) is 0 Å². The monoisotopic (exact) mass is 265 g/mol. The van der Waals surface area contributed by atoms with Crippen molar-refractivity contribution in [3.8, 4) is 11.4 Å². The van der Waals surface area contributed by atoms with E-state index >= 15 is 0 Å². The fraction of sp³-hybridized carbons (Fsp3) is 0.133. The molecule has 0 amide bonds. The zero-order valence-corrected chi connectivity index (χ0v) is 11.4. The first-order valence-electron chi connectivity index (χ1n) is 6.40. The number of para-hydroxylation sites is 1. The van der Waals surface area contributed by atoms with Gasteiger partial charge in [-0.1, -0.05) is 48.0 Å². The molecule has 0 aliphatic heterocycles. The molecule has 5 nitrogen and oxygen atoms in total. The highest BCUT2D eigenvalue weighted by Crippen LogP contribution is 2.19. The molecular weight excluding hydrogens is 250 g/mol. The van der Waals surface area contributed by atoms with E-state index in [1.54, 1.807) is 4.79 Å². The van der Waals surface area contributed by atoms with Gasteiger partial charge in [0.25, 0.3) is 0 Å². The quantitative estimate of drug-likeness (QED) is 0.730. The number of anilines is 1. The summed E-state index contributed by atoms with van der Waals surface area (Å²) in [6.07, 6.45) is 0. The minimum Gasteiger partial charge on any atom is -0.265 e. The molecule has 1 heterocycles. The Morgan fingerprint density at radius 2 is 1.65 bits per heavy atom. The van der Waals surface area contributed by atoms with Crippen molar-refractivity contribution in [2.45, 2.75) is 6.92 Å². The maximum absolute atomic E-state index is 4.12. The highest BCUT2D eigenvalue weighted by molar-refractivity contribution is 5.57. The smallest absolute Gasteiger partial charge is 0.205 e. The van der Waals surface area contributed by atoms with Crippen LogP contribution >= 0.6 is 0 Å². The molecular formula is C15H15N5. The second kappa shape index (κ2) is 5.13. The van der Waals surface area contributed by atoms with Crippen LogP contribution in [0.2, 0.25) is 0 Å². The standard InChI is InChI=1S/C15H15N5/c1-12-8-10-13(11-9-12)15-16-17-18-20(15)19(2)14-6-4-3-5-7-14/h3-11H,1-2H3. The van der Waals surface area contributed by atoms with Gasteiger partial charge in [0.2, 0.25) is 5.82 Å². The molecule has 100 valence electrons. The first kappa shape index (κ1) is 12.3. The van der Waals surface area contributed by atoms with Gasteiger partial charge in [0.05, 0.1) is 5.69 Å². The molecule has 3 rings (SSSR count). The largest absolute Gasteiger partial charge is 0.265 e. The van der Waals surface area contributed by atoms with Crippen molar-refractivity contribution in [1.29, 1.82) is 0 Å². The molecule has 5 heteroatoms. The van der Waals surface area contributed by atoms with E-state index in [1.165, 1.54) is 5.56 Å². The average molecular weight is 265 g/mol. The Bertz CT molecular complexity index is 688. The number of hydrogen-bond donors (Lipinski definition) is 0. The van der Waals surface area contributed by atoms with Crippen LogP contribution in [0.5, 0.6) is 0 Å². The fourth-order valence-electron chi connectivity index (χ4n) is 2.01. The van der Waals surface area contributed by atoms with Crippen molar-refractivity contribution in [3.05, 3.63) is 60.2 Å². The van der Waals surface area contributed by atoms with Crippen LogP contribution in [0.25, 0.3) is 11.4 Å². The normalized spacial score (nSPS) is 10.5. The third-order valence-corrected chi connectivity index (χ3v) is 3.18. The van der Waals surface area contributed by atoms with Crippen LogP contribution in [0.1, 0.15) is 5.56 Å². The number of aryl methyl sites for hydroxylation is 1. The lowest BCUT2D eigenvalue weighted by Crippen LogP contribution is -2.26. The minimum atomic E-state index is 0.719. The van der Waals surface area contributed by atoms with Gasteiger partial charge in [0, 0.05) is 12.6 Å². The van der Waals surface area contributed by atoms with Gasteiger partial charge in [-0.25, -0.2) is 0 Å². The molecule has 0 N–H and O–H groups in total. The molecule has 0 aliphatic carbocycles. The third kappa shape index (κ3) is 2.25. The molecule has 1 aromatic heterocycles. The van der Waals surface area contributed by atoms with E-state index in [2.05, 4.69) is 34.6 Å². The van der Waals surface area contributed by atoms with Gasteiger partial charge < -0.3 is 0 Å². The average Bonchev–Trinajstić information content (AvgIpc) is 2.97. The Morgan fingerprint density at radius 3 is 2.35 bits per heavy atom. The number of benzene rings is 2. The highest BCUT2D eigenvalue weighted by Gasteiger charge is 2.13. The predicted octanol–water partition coefficient (Wildman–Crippen LogP) is 2.55. The molecule has 20 heavy (non-hydrogen) atoms. The Balaban J connectivity index is 2.00. The summed E-state index contributed by atoms with van der Waals surface area (Å²) < 4.78 is 0. The molecule has 0 aliphatic rings. The Morgan fingerprint density at radius 1 is 0.950 bits per heavy atom. The van der Waals surface area contributed by atoms with Gasteiger partial charge in [-0.05, 0) is 29.5 Å². The second-order valence-electron chi connectivity index (χ2n) is 4.62. The second-order valence-corrected chi connectivity index (χ2v) is 4.62. The first-order valence-corrected chi connectivity index (χ1v) is 6.40. The molecule has 0 bridgehead atoms. The van der Waals surface area contributed by atoms with Crippen molar-refractivity contribution in [2.24, 2.45) is 0 Å². The summed E-state index contributed by atoms with van der Waals surface area (Å²) in [5, 5.41) is 13.9. The van der Waals surface area contributed by atoms with Crippen molar-refractivity contribution < 1.29 is 0 Å². The van der Waals surface area contributed by atoms with Gasteiger partial charge in [0.15, 0.2) is 0 Å². The van der Waals surface area contributed by atoms with Crippen LogP contribution in [0, 0.1) is 6.92 Å². The molecule has 2 aromatic carbocycles. The van der Waals surface area contributed by atoms with Crippen molar-refractivity contribution in [2.75, 3.05) is 12.1 Å². The summed E-state index contributed by atoms with van der Waals surface area (Å²) in [7, 11) is 1.93. The Labute approximate surface area is 117 Å². The number of tetrazole rings is 1. The lowest BCUT2D eigenvalue weighted by atomic mass is 10.1. The molecule has 3 aromatic rings. The van der Waals surface area contributed by atoms with Crippen molar-refractivity contribution in [3.63, 3.8) is 0 Å². The Hall–Kier alpha value is -2.69. The number of aromatic nitrogens is 4.